The molecular weight excluding hydrogens is 474 g/mol. The minimum atomic E-state index is -0.518. The van der Waals surface area contributed by atoms with Crippen LogP contribution in [0.5, 0.6) is 23.5 Å². The van der Waals surface area contributed by atoms with E-state index in [9.17, 15) is 4.79 Å². The Bertz CT molecular complexity index is 1260. The first-order valence-corrected chi connectivity index (χ1v) is 12.2. The van der Waals surface area contributed by atoms with Crippen LogP contribution in [0.15, 0.2) is 28.7 Å². The van der Waals surface area contributed by atoms with Crippen molar-refractivity contribution in [3.05, 3.63) is 46.7 Å². The molecular formula is C27H35N5O5. The summed E-state index contributed by atoms with van der Waals surface area (Å²) in [5, 5.41) is 5.85. The van der Waals surface area contributed by atoms with Gasteiger partial charge in [0, 0.05) is 19.2 Å². The van der Waals surface area contributed by atoms with Gasteiger partial charge in [-0.05, 0) is 68.1 Å². The maximum absolute atomic E-state index is 13.0. The number of ether oxygens (including phenoxy) is 3. The first kappa shape index (κ1) is 26.3. The topological polar surface area (TPSA) is 111 Å². The van der Waals surface area contributed by atoms with Crippen LogP contribution in [0.4, 0.5) is 11.6 Å². The fourth-order valence-corrected chi connectivity index (χ4v) is 4.35. The lowest BCUT2D eigenvalue weighted by Gasteiger charge is -2.20. The second-order valence-electron chi connectivity index (χ2n) is 10.0. The summed E-state index contributed by atoms with van der Waals surface area (Å²) in [6.45, 7) is 7.91. The third kappa shape index (κ3) is 5.80. The third-order valence-electron chi connectivity index (χ3n) is 6.47. The van der Waals surface area contributed by atoms with E-state index in [0.29, 0.717) is 18.2 Å². The molecule has 0 spiro atoms. The van der Waals surface area contributed by atoms with Gasteiger partial charge in [0.25, 0.3) is 11.9 Å². The van der Waals surface area contributed by atoms with Gasteiger partial charge >= 0.3 is 0 Å². The van der Waals surface area contributed by atoms with Gasteiger partial charge in [-0.25, -0.2) is 0 Å². The summed E-state index contributed by atoms with van der Waals surface area (Å²) in [6.07, 6.45) is 2.18. The number of nitrogens with zero attached hydrogens (tertiary/aromatic N) is 3. The van der Waals surface area contributed by atoms with Crippen LogP contribution in [0.3, 0.4) is 0 Å². The fourth-order valence-electron chi connectivity index (χ4n) is 4.35. The molecule has 0 atom stereocenters. The number of nitrogens with one attached hydrogen (secondary N) is 2. The number of rotatable bonds is 10. The zero-order valence-electron chi connectivity index (χ0n) is 22.5. The number of methoxy groups -OCH3 is 2. The Kier molecular flexibility index (Phi) is 7.58. The zero-order valence-corrected chi connectivity index (χ0v) is 22.5. The molecule has 0 radical (unpaired) electrons. The molecule has 3 aromatic rings. The molecule has 0 saturated heterocycles. The van der Waals surface area contributed by atoms with Gasteiger partial charge in [-0.2, -0.15) is 9.97 Å². The summed E-state index contributed by atoms with van der Waals surface area (Å²) in [6, 6.07) is 7.43. The Balaban J connectivity index is 1.50. The lowest BCUT2D eigenvalue weighted by Crippen LogP contribution is -2.22. The van der Waals surface area contributed by atoms with Crippen molar-refractivity contribution < 1.29 is 23.4 Å². The van der Waals surface area contributed by atoms with Crippen LogP contribution >= 0.6 is 0 Å². The molecule has 37 heavy (non-hydrogen) atoms. The summed E-state index contributed by atoms with van der Waals surface area (Å²) < 4.78 is 22.5. The standard InChI is InChI=1S/C27H35N5O5/c1-16-14-17-10-11-27(2,3)18(17)15-20(16)37-21-9-8-19(36-21)23(33)29-22-24(34-6)30-26(31-25(22)35-7)28-12-13-32(4)5/h8-9,14-15H,10-13H2,1-7H3,(H,29,33)(H,28,30,31). The largest absolute Gasteiger partial charge is 0.479 e. The second-order valence-corrected chi connectivity index (χ2v) is 10.0. The van der Waals surface area contributed by atoms with Gasteiger partial charge in [-0.15, -0.1) is 0 Å². The van der Waals surface area contributed by atoms with Crippen molar-refractivity contribution in [2.45, 2.75) is 39.0 Å². The highest BCUT2D eigenvalue weighted by molar-refractivity contribution is 6.03. The van der Waals surface area contributed by atoms with Gasteiger partial charge in [0.2, 0.25) is 17.7 Å². The summed E-state index contributed by atoms with van der Waals surface area (Å²) in [5.41, 5.74) is 3.97. The van der Waals surface area contributed by atoms with Gasteiger partial charge in [0.15, 0.2) is 11.4 Å². The van der Waals surface area contributed by atoms with Gasteiger partial charge in [0.1, 0.15) is 5.75 Å². The van der Waals surface area contributed by atoms with Gasteiger partial charge < -0.3 is 34.2 Å². The summed E-state index contributed by atoms with van der Waals surface area (Å²) in [4.78, 5) is 23.7. The second kappa shape index (κ2) is 10.7. The highest BCUT2D eigenvalue weighted by Gasteiger charge is 2.31. The SMILES string of the molecule is COc1nc(NCCN(C)C)nc(OC)c1NC(=O)c1ccc(Oc2cc3c(cc2C)CCC3(C)C)o1. The van der Waals surface area contributed by atoms with E-state index in [0.717, 1.165) is 24.9 Å². The lowest BCUT2D eigenvalue weighted by atomic mass is 9.86. The van der Waals surface area contributed by atoms with Crippen molar-refractivity contribution in [3.8, 4) is 23.5 Å². The van der Waals surface area contributed by atoms with E-state index >= 15 is 0 Å². The molecule has 0 aliphatic heterocycles. The van der Waals surface area contributed by atoms with Crippen molar-refractivity contribution >= 4 is 17.5 Å². The number of anilines is 2. The maximum atomic E-state index is 13.0. The summed E-state index contributed by atoms with van der Waals surface area (Å²) in [7, 11) is 6.86. The number of fused-ring (bicyclic) bond motifs is 1. The average Bonchev–Trinajstić information content (AvgIpc) is 3.43. The van der Waals surface area contributed by atoms with Crippen LogP contribution in [0.1, 0.15) is 47.5 Å². The Morgan fingerprint density at radius 2 is 1.84 bits per heavy atom. The molecule has 10 nitrogen and oxygen atoms in total. The Morgan fingerprint density at radius 1 is 1.14 bits per heavy atom. The van der Waals surface area contributed by atoms with Crippen LogP contribution in [0.2, 0.25) is 0 Å². The van der Waals surface area contributed by atoms with E-state index in [1.807, 2.05) is 25.9 Å². The number of amides is 1. The summed E-state index contributed by atoms with van der Waals surface area (Å²) >= 11 is 0. The Morgan fingerprint density at radius 3 is 2.49 bits per heavy atom. The molecule has 1 amide bonds. The molecule has 1 aliphatic carbocycles. The molecule has 1 aliphatic rings. The van der Waals surface area contributed by atoms with Crippen LogP contribution < -0.4 is 24.8 Å². The molecule has 0 saturated carbocycles. The Hall–Kier alpha value is -3.79. The first-order chi connectivity index (χ1) is 17.6. The number of hydrogen-bond donors (Lipinski definition) is 2. The molecule has 0 unspecified atom stereocenters. The number of aromatic nitrogens is 2. The van der Waals surface area contributed by atoms with E-state index in [-0.39, 0.29) is 34.6 Å². The predicted molar refractivity (Wildman–Crippen MR) is 141 cm³/mol. The van der Waals surface area contributed by atoms with E-state index in [2.05, 4.69) is 46.6 Å². The number of carbonyl (C=O) groups excluding carboxylic acids is 1. The van der Waals surface area contributed by atoms with Gasteiger partial charge in [-0.3, -0.25) is 4.79 Å². The first-order valence-electron chi connectivity index (χ1n) is 12.2. The number of likely N-dealkylation sites (N-methyl/N-ethyl adjacent to an activating group) is 1. The van der Waals surface area contributed by atoms with Crippen LogP contribution in [-0.2, 0) is 11.8 Å². The van der Waals surface area contributed by atoms with Crippen LogP contribution in [0.25, 0.3) is 0 Å². The fraction of sp³-hybridized carbons (Fsp3) is 0.444. The molecule has 0 fully saturated rings. The maximum Gasteiger partial charge on any atom is 0.291 e. The minimum Gasteiger partial charge on any atom is -0.479 e. The van der Waals surface area contributed by atoms with Gasteiger partial charge in [-0.1, -0.05) is 19.9 Å². The molecule has 2 aromatic heterocycles. The third-order valence-corrected chi connectivity index (χ3v) is 6.47. The van der Waals surface area contributed by atoms with Crippen molar-refractivity contribution in [1.29, 1.82) is 0 Å². The van der Waals surface area contributed by atoms with Crippen molar-refractivity contribution in [2.24, 2.45) is 0 Å². The molecule has 2 N–H and O–H groups in total. The van der Waals surface area contributed by atoms with Crippen LogP contribution in [0, 0.1) is 6.92 Å². The van der Waals surface area contributed by atoms with Crippen molar-refractivity contribution in [2.75, 3.05) is 52.0 Å². The lowest BCUT2D eigenvalue weighted by molar-refractivity contribution is 0.0990. The molecule has 1 aromatic carbocycles. The monoisotopic (exact) mass is 509 g/mol. The van der Waals surface area contributed by atoms with Crippen molar-refractivity contribution in [1.82, 2.24) is 14.9 Å². The van der Waals surface area contributed by atoms with Crippen LogP contribution in [-0.4, -0.2) is 62.2 Å². The minimum absolute atomic E-state index is 0.0615. The summed E-state index contributed by atoms with van der Waals surface area (Å²) in [5.74, 6) is 1.12. The van der Waals surface area contributed by atoms with E-state index in [1.165, 1.54) is 25.3 Å². The number of furan rings is 1. The molecule has 0 bridgehead atoms. The zero-order chi connectivity index (χ0) is 26.7. The number of aryl methyl sites for hydroxylation is 2. The Labute approximate surface area is 217 Å². The quantitative estimate of drug-likeness (QED) is 0.404. The predicted octanol–water partition coefficient (Wildman–Crippen LogP) is 4.64. The number of hydrogen-bond acceptors (Lipinski definition) is 9. The van der Waals surface area contributed by atoms with E-state index in [1.54, 1.807) is 12.1 Å². The number of carbonyl (C=O) groups is 1. The van der Waals surface area contributed by atoms with Crippen molar-refractivity contribution in [3.63, 3.8) is 0 Å². The normalized spacial score (nSPS) is 13.8. The van der Waals surface area contributed by atoms with E-state index < -0.39 is 5.91 Å². The highest BCUT2D eigenvalue weighted by atomic mass is 16.6. The smallest absolute Gasteiger partial charge is 0.291 e. The van der Waals surface area contributed by atoms with E-state index in [4.69, 9.17) is 18.6 Å². The molecule has 2 heterocycles. The number of benzene rings is 1. The van der Waals surface area contributed by atoms with Gasteiger partial charge in [0.05, 0.1) is 14.2 Å². The molecule has 198 valence electrons. The average molecular weight is 510 g/mol. The molecule has 10 heteroatoms. The molecule has 4 rings (SSSR count). The highest BCUT2D eigenvalue weighted by Crippen LogP contribution is 2.42.